The number of halogens is 1. The Morgan fingerprint density at radius 1 is 1.22 bits per heavy atom. The van der Waals surface area contributed by atoms with Gasteiger partial charge in [0.2, 0.25) is 0 Å². The van der Waals surface area contributed by atoms with E-state index in [1.807, 2.05) is 12.3 Å². The molecule has 0 amide bonds. The smallest absolute Gasteiger partial charge is 0.136 e. The molecule has 0 N–H and O–H groups in total. The van der Waals surface area contributed by atoms with Gasteiger partial charge in [0, 0.05) is 12.1 Å². The second-order valence-electron chi connectivity index (χ2n) is 4.68. The van der Waals surface area contributed by atoms with Crippen LogP contribution >= 0.6 is 11.6 Å². The molecule has 1 heterocycles. The van der Waals surface area contributed by atoms with Crippen molar-refractivity contribution in [3.8, 4) is 0 Å². The molecule has 92 valence electrons. The van der Waals surface area contributed by atoms with Crippen molar-refractivity contribution in [1.29, 1.82) is 0 Å². The van der Waals surface area contributed by atoms with E-state index in [4.69, 9.17) is 11.6 Å². The van der Waals surface area contributed by atoms with Gasteiger partial charge in [-0.15, -0.1) is 11.6 Å². The Morgan fingerprint density at radius 3 is 3.00 bits per heavy atom. The first-order valence-corrected chi connectivity index (χ1v) is 6.87. The van der Waals surface area contributed by atoms with E-state index in [9.17, 15) is 0 Å². The normalized spacial score (nSPS) is 18.4. The predicted octanol–water partition coefficient (Wildman–Crippen LogP) is 3.68. The molecule has 1 aliphatic rings. The fourth-order valence-corrected chi connectivity index (χ4v) is 2.83. The largest absolute Gasteiger partial charge is 0.241 e. The first-order valence-electron chi connectivity index (χ1n) is 6.34. The molecule has 2 aromatic rings. The van der Waals surface area contributed by atoms with Gasteiger partial charge in [0.15, 0.2) is 0 Å². The number of fused-ring (bicyclic) bond motifs is 1. The van der Waals surface area contributed by atoms with Gasteiger partial charge in [0.1, 0.15) is 5.82 Å². The van der Waals surface area contributed by atoms with Crippen LogP contribution in [0.1, 0.15) is 41.4 Å². The van der Waals surface area contributed by atoms with Gasteiger partial charge < -0.3 is 0 Å². The minimum atomic E-state index is 0.332. The number of hydrogen-bond donors (Lipinski definition) is 0. The minimum Gasteiger partial charge on any atom is -0.241 e. The molecule has 2 nitrogen and oxygen atoms in total. The standard InChI is InChI=1S/C15H15ClN2/c16-10-12-8-9-17-15(18-12)14-7-3-5-11-4-1-2-6-13(11)14/h1-2,4,6,8-9,14H,3,5,7,10H2. The lowest BCUT2D eigenvalue weighted by molar-refractivity contribution is 0.588. The molecule has 0 fully saturated rings. The summed E-state index contributed by atoms with van der Waals surface area (Å²) in [4.78, 5) is 9.01. The van der Waals surface area contributed by atoms with Crippen molar-refractivity contribution in [2.45, 2.75) is 31.1 Å². The number of hydrogen-bond acceptors (Lipinski definition) is 2. The second kappa shape index (κ2) is 5.07. The van der Waals surface area contributed by atoms with Gasteiger partial charge in [-0.1, -0.05) is 24.3 Å². The van der Waals surface area contributed by atoms with Gasteiger partial charge in [-0.2, -0.15) is 0 Å². The Balaban J connectivity index is 2.02. The summed E-state index contributed by atoms with van der Waals surface area (Å²) in [5.41, 5.74) is 3.73. The van der Waals surface area contributed by atoms with E-state index in [0.717, 1.165) is 17.9 Å². The average Bonchev–Trinajstić information content (AvgIpc) is 2.47. The van der Waals surface area contributed by atoms with Gasteiger partial charge >= 0.3 is 0 Å². The fraction of sp³-hybridized carbons (Fsp3) is 0.333. The van der Waals surface area contributed by atoms with Crippen LogP contribution in [0.5, 0.6) is 0 Å². The minimum absolute atomic E-state index is 0.332. The summed E-state index contributed by atoms with van der Waals surface area (Å²) in [5, 5.41) is 0. The van der Waals surface area contributed by atoms with Gasteiger partial charge in [0.25, 0.3) is 0 Å². The molecule has 18 heavy (non-hydrogen) atoms. The highest BCUT2D eigenvalue weighted by Gasteiger charge is 2.23. The maximum Gasteiger partial charge on any atom is 0.136 e. The highest BCUT2D eigenvalue weighted by molar-refractivity contribution is 6.16. The predicted molar refractivity (Wildman–Crippen MR) is 72.8 cm³/mol. The molecule has 0 saturated heterocycles. The SMILES string of the molecule is ClCc1ccnc(C2CCCc3ccccc32)n1. The molecule has 0 radical (unpaired) electrons. The molecule has 0 spiro atoms. The third-order valence-electron chi connectivity index (χ3n) is 3.55. The number of aryl methyl sites for hydroxylation is 1. The zero-order valence-corrected chi connectivity index (χ0v) is 10.9. The molecule has 1 aromatic carbocycles. The van der Waals surface area contributed by atoms with Crippen LogP contribution in [0.15, 0.2) is 36.5 Å². The molecular formula is C15H15ClN2. The van der Waals surface area contributed by atoms with Gasteiger partial charge in [-0.05, 0) is 36.5 Å². The molecule has 3 rings (SSSR count). The van der Waals surface area contributed by atoms with Crippen LogP contribution in [-0.2, 0) is 12.3 Å². The monoisotopic (exact) mass is 258 g/mol. The topological polar surface area (TPSA) is 25.8 Å². The average molecular weight is 259 g/mol. The second-order valence-corrected chi connectivity index (χ2v) is 4.95. The fourth-order valence-electron chi connectivity index (χ4n) is 2.68. The summed E-state index contributed by atoms with van der Waals surface area (Å²) in [6.45, 7) is 0. The lowest BCUT2D eigenvalue weighted by Crippen LogP contribution is -2.14. The van der Waals surface area contributed by atoms with Crippen molar-refractivity contribution in [3.63, 3.8) is 0 Å². The Bertz CT molecular complexity index is 554. The number of nitrogens with zero attached hydrogens (tertiary/aromatic N) is 2. The van der Waals surface area contributed by atoms with E-state index < -0.39 is 0 Å². The summed E-state index contributed by atoms with van der Waals surface area (Å²) >= 11 is 5.85. The number of benzene rings is 1. The first kappa shape index (κ1) is 11.7. The first-order chi connectivity index (χ1) is 8.88. The van der Waals surface area contributed by atoms with Gasteiger partial charge in [-0.25, -0.2) is 9.97 Å². The molecule has 1 aromatic heterocycles. The third-order valence-corrected chi connectivity index (χ3v) is 3.82. The van der Waals surface area contributed by atoms with Crippen LogP contribution in [0.2, 0.25) is 0 Å². The summed E-state index contributed by atoms with van der Waals surface area (Å²) in [6, 6.07) is 10.5. The summed E-state index contributed by atoms with van der Waals surface area (Å²) in [7, 11) is 0. The van der Waals surface area contributed by atoms with E-state index in [1.165, 1.54) is 24.0 Å². The summed E-state index contributed by atoms with van der Waals surface area (Å²) in [6.07, 6.45) is 5.32. The molecule has 3 heteroatoms. The van der Waals surface area contributed by atoms with Crippen molar-refractivity contribution in [2.24, 2.45) is 0 Å². The summed E-state index contributed by atoms with van der Waals surface area (Å²) in [5.74, 6) is 1.70. The van der Waals surface area contributed by atoms with E-state index in [0.29, 0.717) is 11.8 Å². The highest BCUT2D eigenvalue weighted by atomic mass is 35.5. The lowest BCUT2D eigenvalue weighted by atomic mass is 9.82. The van der Waals surface area contributed by atoms with Crippen LogP contribution in [0.3, 0.4) is 0 Å². The van der Waals surface area contributed by atoms with Crippen molar-refractivity contribution >= 4 is 11.6 Å². The van der Waals surface area contributed by atoms with Crippen molar-refractivity contribution in [3.05, 3.63) is 59.2 Å². The van der Waals surface area contributed by atoms with Gasteiger partial charge in [-0.3, -0.25) is 0 Å². The number of aromatic nitrogens is 2. The molecule has 1 aliphatic carbocycles. The molecule has 0 bridgehead atoms. The Labute approximate surface area is 112 Å². The molecule has 0 aliphatic heterocycles. The zero-order chi connectivity index (χ0) is 12.4. The maximum absolute atomic E-state index is 5.85. The zero-order valence-electron chi connectivity index (χ0n) is 10.1. The number of rotatable bonds is 2. The van der Waals surface area contributed by atoms with Crippen molar-refractivity contribution < 1.29 is 0 Å². The maximum atomic E-state index is 5.85. The Kier molecular flexibility index (Phi) is 3.28. The molecule has 1 atom stereocenters. The lowest BCUT2D eigenvalue weighted by Gasteiger charge is -2.24. The Morgan fingerprint density at radius 2 is 2.11 bits per heavy atom. The van der Waals surface area contributed by atoms with E-state index >= 15 is 0 Å². The van der Waals surface area contributed by atoms with E-state index in [-0.39, 0.29) is 0 Å². The van der Waals surface area contributed by atoms with E-state index in [2.05, 4.69) is 34.2 Å². The van der Waals surface area contributed by atoms with Crippen LogP contribution in [0, 0.1) is 0 Å². The van der Waals surface area contributed by atoms with Gasteiger partial charge in [0.05, 0.1) is 11.6 Å². The highest BCUT2D eigenvalue weighted by Crippen LogP contribution is 2.34. The van der Waals surface area contributed by atoms with Crippen molar-refractivity contribution in [2.75, 3.05) is 0 Å². The molecule has 0 saturated carbocycles. The van der Waals surface area contributed by atoms with Crippen LogP contribution in [0.25, 0.3) is 0 Å². The van der Waals surface area contributed by atoms with Crippen LogP contribution in [-0.4, -0.2) is 9.97 Å². The number of alkyl halides is 1. The molecule has 1 unspecified atom stereocenters. The van der Waals surface area contributed by atoms with E-state index in [1.54, 1.807) is 0 Å². The van der Waals surface area contributed by atoms with Crippen molar-refractivity contribution in [1.82, 2.24) is 9.97 Å². The quantitative estimate of drug-likeness (QED) is 0.768. The molecular weight excluding hydrogens is 244 g/mol. The van der Waals surface area contributed by atoms with Crippen LogP contribution < -0.4 is 0 Å². The summed E-state index contributed by atoms with van der Waals surface area (Å²) < 4.78 is 0. The van der Waals surface area contributed by atoms with Crippen LogP contribution in [0.4, 0.5) is 0 Å². The Hall–Kier alpha value is -1.41. The third kappa shape index (κ3) is 2.13.